The van der Waals surface area contributed by atoms with E-state index >= 15 is 0 Å². The van der Waals surface area contributed by atoms with Crippen LogP contribution in [0.2, 0.25) is 0 Å². The fourth-order valence-corrected chi connectivity index (χ4v) is 2.22. The summed E-state index contributed by atoms with van der Waals surface area (Å²) in [4.78, 5) is 22.0. The molecule has 6 nitrogen and oxygen atoms in total. The molecule has 1 fully saturated rings. The highest BCUT2D eigenvalue weighted by molar-refractivity contribution is 5.91. The molecule has 1 N–H and O–H groups in total. The van der Waals surface area contributed by atoms with Gasteiger partial charge in [0.2, 0.25) is 17.5 Å². The summed E-state index contributed by atoms with van der Waals surface area (Å²) < 4.78 is 6.60. The van der Waals surface area contributed by atoms with Crippen molar-refractivity contribution >= 4 is 18.1 Å². The third-order valence-corrected chi connectivity index (χ3v) is 3.02. The Morgan fingerprint density at radius 1 is 1.47 bits per heavy atom. The normalized spacial score (nSPS) is 16.8. The van der Waals surface area contributed by atoms with Crippen LogP contribution >= 0.6 is 0 Å². The van der Waals surface area contributed by atoms with E-state index < -0.39 is 0 Å². The summed E-state index contributed by atoms with van der Waals surface area (Å²) in [5, 5.41) is 6.32. The van der Waals surface area contributed by atoms with Gasteiger partial charge in [-0.2, -0.15) is 0 Å². The quantitative estimate of drug-likeness (QED) is 0.635. The Morgan fingerprint density at radius 2 is 2.18 bits per heavy atom. The van der Waals surface area contributed by atoms with Gasteiger partial charge in [0.15, 0.2) is 6.04 Å². The standard InChI is InChI=1S/C11H15N3O3/c1-8(16)12-11-10(7-15)14(13-17-11)9-5-3-2-4-6-9/h7,9H,2-6H2,1H3/p+1. The molecule has 0 aliphatic heterocycles. The third-order valence-electron chi connectivity index (χ3n) is 3.02. The zero-order valence-corrected chi connectivity index (χ0v) is 9.81. The molecule has 2 rings (SSSR count). The van der Waals surface area contributed by atoms with Gasteiger partial charge >= 0.3 is 11.6 Å². The zero-order valence-electron chi connectivity index (χ0n) is 9.81. The second-order valence-corrected chi connectivity index (χ2v) is 4.32. The first-order valence-corrected chi connectivity index (χ1v) is 5.86. The third kappa shape index (κ3) is 2.51. The van der Waals surface area contributed by atoms with Gasteiger partial charge < -0.3 is 0 Å². The molecule has 0 unspecified atom stereocenters. The van der Waals surface area contributed by atoms with E-state index in [2.05, 4.69) is 10.6 Å². The largest absolute Gasteiger partial charge is 0.337 e. The van der Waals surface area contributed by atoms with Crippen LogP contribution in [0.4, 0.5) is 5.88 Å². The van der Waals surface area contributed by atoms with E-state index in [1.165, 1.54) is 13.3 Å². The molecule has 1 aromatic rings. The molecule has 0 radical (unpaired) electrons. The summed E-state index contributed by atoms with van der Waals surface area (Å²) in [6.07, 6.45) is 6.17. The van der Waals surface area contributed by atoms with Crippen molar-refractivity contribution < 1.29 is 18.8 Å². The monoisotopic (exact) mass is 238 g/mol. The highest BCUT2D eigenvalue weighted by atomic mass is 16.5. The molecule has 1 heterocycles. The maximum absolute atomic E-state index is 11.1. The van der Waals surface area contributed by atoms with Gasteiger partial charge in [-0.25, -0.2) is 0 Å². The summed E-state index contributed by atoms with van der Waals surface area (Å²) in [6.45, 7) is 1.36. The van der Waals surface area contributed by atoms with Crippen molar-refractivity contribution in [2.75, 3.05) is 5.32 Å². The van der Waals surface area contributed by atoms with Gasteiger partial charge in [0.05, 0.1) is 0 Å². The second-order valence-electron chi connectivity index (χ2n) is 4.32. The molecule has 92 valence electrons. The molecule has 0 saturated heterocycles. The Bertz CT molecular complexity index is 422. The molecule has 0 bridgehead atoms. The first kappa shape index (κ1) is 11.8. The van der Waals surface area contributed by atoms with Crippen LogP contribution in [0.15, 0.2) is 4.52 Å². The van der Waals surface area contributed by atoms with E-state index in [1.807, 2.05) is 0 Å². The first-order chi connectivity index (χ1) is 8.22. The second kappa shape index (κ2) is 5.07. The smallest absolute Gasteiger partial charge is 0.291 e. The summed E-state index contributed by atoms with van der Waals surface area (Å²) in [7, 11) is 0. The van der Waals surface area contributed by atoms with Gasteiger partial charge in [-0.05, 0) is 17.5 Å². The minimum atomic E-state index is -0.278. The van der Waals surface area contributed by atoms with Gasteiger partial charge in [-0.1, -0.05) is 6.42 Å². The molecule has 6 heteroatoms. The predicted molar refractivity (Wildman–Crippen MR) is 58.5 cm³/mol. The number of nitrogens with one attached hydrogen (secondary N) is 1. The topological polar surface area (TPSA) is 76.1 Å². The Morgan fingerprint density at radius 3 is 2.76 bits per heavy atom. The molecule has 1 aromatic heterocycles. The Balaban J connectivity index is 2.24. The van der Waals surface area contributed by atoms with Crippen LogP contribution in [-0.4, -0.2) is 17.5 Å². The van der Waals surface area contributed by atoms with Gasteiger partial charge in [0.25, 0.3) is 0 Å². The average molecular weight is 238 g/mol. The van der Waals surface area contributed by atoms with Crippen molar-refractivity contribution in [1.29, 1.82) is 0 Å². The maximum atomic E-state index is 11.1. The van der Waals surface area contributed by atoms with Crippen LogP contribution in [0.1, 0.15) is 55.6 Å². The maximum Gasteiger partial charge on any atom is 0.337 e. The molecule has 17 heavy (non-hydrogen) atoms. The average Bonchev–Trinajstić information content (AvgIpc) is 2.72. The fraction of sp³-hybridized carbons (Fsp3) is 0.636. The van der Waals surface area contributed by atoms with Gasteiger partial charge in [0.1, 0.15) is 0 Å². The number of carbonyl (C=O) groups excluding carboxylic acids is 2. The van der Waals surface area contributed by atoms with Crippen LogP contribution in [0.5, 0.6) is 0 Å². The van der Waals surface area contributed by atoms with Crippen molar-refractivity contribution in [2.45, 2.75) is 45.1 Å². The van der Waals surface area contributed by atoms with Crippen molar-refractivity contribution in [1.82, 2.24) is 5.27 Å². The highest BCUT2D eigenvalue weighted by Crippen LogP contribution is 2.24. The van der Waals surface area contributed by atoms with E-state index in [0.29, 0.717) is 12.0 Å². The zero-order chi connectivity index (χ0) is 12.3. The molecule has 0 spiro atoms. The van der Waals surface area contributed by atoms with E-state index in [9.17, 15) is 9.59 Å². The van der Waals surface area contributed by atoms with Crippen molar-refractivity contribution in [3.8, 4) is 0 Å². The lowest BCUT2D eigenvalue weighted by molar-refractivity contribution is -0.788. The lowest BCUT2D eigenvalue weighted by atomic mass is 9.95. The molecule has 0 atom stereocenters. The summed E-state index contributed by atoms with van der Waals surface area (Å²) in [5.74, 6) is -0.141. The van der Waals surface area contributed by atoms with Crippen molar-refractivity contribution in [3.63, 3.8) is 0 Å². The van der Waals surface area contributed by atoms with E-state index in [0.717, 1.165) is 25.7 Å². The molecule has 1 aliphatic carbocycles. The fourth-order valence-electron chi connectivity index (χ4n) is 2.22. The summed E-state index contributed by atoms with van der Waals surface area (Å²) in [5.41, 5.74) is 0.312. The van der Waals surface area contributed by atoms with Crippen LogP contribution in [0.25, 0.3) is 0 Å². The number of anilines is 1. The van der Waals surface area contributed by atoms with E-state index in [-0.39, 0.29) is 17.8 Å². The van der Waals surface area contributed by atoms with Gasteiger partial charge in [-0.3, -0.25) is 19.4 Å². The number of amides is 1. The van der Waals surface area contributed by atoms with E-state index in [4.69, 9.17) is 4.52 Å². The number of hydrogen-bond acceptors (Lipinski definition) is 4. The van der Waals surface area contributed by atoms with Gasteiger partial charge in [-0.15, -0.1) is 0 Å². The first-order valence-electron chi connectivity index (χ1n) is 5.86. The van der Waals surface area contributed by atoms with Gasteiger partial charge in [0, 0.05) is 19.8 Å². The predicted octanol–water partition coefficient (Wildman–Crippen LogP) is 1.24. The minimum Gasteiger partial charge on any atom is -0.291 e. The van der Waals surface area contributed by atoms with Crippen LogP contribution in [-0.2, 0) is 4.79 Å². The molecular weight excluding hydrogens is 222 g/mol. The number of aldehydes is 1. The number of rotatable bonds is 3. The highest BCUT2D eigenvalue weighted by Gasteiger charge is 2.33. The van der Waals surface area contributed by atoms with Crippen LogP contribution in [0, 0.1) is 0 Å². The molecule has 1 amide bonds. The Hall–Kier alpha value is -1.72. The lowest BCUT2D eigenvalue weighted by Crippen LogP contribution is -2.45. The minimum absolute atomic E-state index is 0.137. The summed E-state index contributed by atoms with van der Waals surface area (Å²) in [6, 6.07) is 0.204. The van der Waals surface area contributed by atoms with Crippen LogP contribution < -0.4 is 10.00 Å². The Labute approximate surface area is 98.9 Å². The molecule has 1 saturated carbocycles. The van der Waals surface area contributed by atoms with Crippen molar-refractivity contribution in [3.05, 3.63) is 5.69 Å². The number of hydrogen-bond donors (Lipinski definition) is 1. The molecule has 1 aliphatic rings. The number of aromatic nitrogens is 2. The number of carbonyl (C=O) groups is 2. The Kier molecular flexibility index (Phi) is 3.51. The SMILES string of the molecule is CC(=O)Nc1on[n+](C2CCCCC2)c1C=O. The molecule has 0 aromatic carbocycles. The molecular formula is C11H16N3O3+. The van der Waals surface area contributed by atoms with Crippen LogP contribution in [0.3, 0.4) is 0 Å². The van der Waals surface area contributed by atoms with E-state index in [1.54, 1.807) is 4.68 Å². The van der Waals surface area contributed by atoms with Crippen molar-refractivity contribution in [2.24, 2.45) is 0 Å². The lowest BCUT2D eigenvalue weighted by Gasteiger charge is -2.13. The number of nitrogens with zero attached hydrogens (tertiary/aromatic N) is 2. The summed E-state index contributed by atoms with van der Waals surface area (Å²) >= 11 is 0.